The molecular weight excluding hydrogens is 376 g/mol. The third kappa shape index (κ3) is 4.02. The molecule has 1 aliphatic heterocycles. The molecule has 27 heavy (non-hydrogen) atoms. The first-order valence-electron chi connectivity index (χ1n) is 9.07. The monoisotopic (exact) mass is 396 g/mol. The molecule has 3 nitrogen and oxygen atoms in total. The molecule has 1 saturated heterocycles. The minimum atomic E-state index is 0.764. The first-order valence-corrected chi connectivity index (χ1v) is 9.85. The molecular formula is C22H21ClN2OS. The minimum absolute atomic E-state index is 0.764. The number of hydrogen-bond donors (Lipinski definition) is 0. The van der Waals surface area contributed by atoms with Gasteiger partial charge < -0.3 is 14.2 Å². The van der Waals surface area contributed by atoms with E-state index in [-0.39, 0.29) is 0 Å². The van der Waals surface area contributed by atoms with Crippen molar-refractivity contribution in [2.24, 2.45) is 0 Å². The second-order valence-electron chi connectivity index (χ2n) is 6.79. The van der Waals surface area contributed by atoms with Crippen molar-refractivity contribution < 1.29 is 4.42 Å². The summed E-state index contributed by atoms with van der Waals surface area (Å²) in [6.45, 7) is 5.68. The Morgan fingerprint density at radius 2 is 1.56 bits per heavy atom. The van der Waals surface area contributed by atoms with Crippen molar-refractivity contribution in [2.75, 3.05) is 31.1 Å². The van der Waals surface area contributed by atoms with Gasteiger partial charge in [-0.05, 0) is 43.3 Å². The summed E-state index contributed by atoms with van der Waals surface area (Å²) in [4.78, 5) is 5.36. The lowest BCUT2D eigenvalue weighted by atomic mass is 10.1. The average molecular weight is 397 g/mol. The van der Waals surface area contributed by atoms with Gasteiger partial charge >= 0.3 is 0 Å². The van der Waals surface area contributed by atoms with E-state index in [1.807, 2.05) is 24.3 Å². The smallest absolute Gasteiger partial charge is 0.162 e. The van der Waals surface area contributed by atoms with E-state index in [0.717, 1.165) is 53.3 Å². The number of thiocarbonyl (C=S) groups is 1. The van der Waals surface area contributed by atoms with Gasteiger partial charge in [0, 0.05) is 42.5 Å². The molecule has 1 fully saturated rings. The van der Waals surface area contributed by atoms with Gasteiger partial charge in [-0.25, -0.2) is 0 Å². The molecule has 1 aromatic heterocycles. The quantitative estimate of drug-likeness (QED) is 0.551. The van der Waals surface area contributed by atoms with E-state index >= 15 is 0 Å². The number of piperazine rings is 1. The molecule has 0 amide bonds. The van der Waals surface area contributed by atoms with Crippen LogP contribution in [-0.4, -0.2) is 36.1 Å². The van der Waals surface area contributed by atoms with E-state index in [1.165, 1.54) is 11.3 Å². The third-order valence-electron chi connectivity index (χ3n) is 4.91. The van der Waals surface area contributed by atoms with Gasteiger partial charge in [-0.15, -0.1) is 0 Å². The lowest BCUT2D eigenvalue weighted by Crippen LogP contribution is -2.48. The molecule has 2 aromatic carbocycles. The zero-order valence-electron chi connectivity index (χ0n) is 15.2. The summed E-state index contributed by atoms with van der Waals surface area (Å²) >= 11 is 11.7. The van der Waals surface area contributed by atoms with Gasteiger partial charge in [0.25, 0.3) is 0 Å². The fraction of sp³-hybridized carbons (Fsp3) is 0.227. The molecule has 0 radical (unpaired) electrons. The Labute approximate surface area is 170 Å². The van der Waals surface area contributed by atoms with Crippen molar-refractivity contribution in [3.8, 4) is 11.3 Å². The first kappa shape index (κ1) is 18.1. The van der Waals surface area contributed by atoms with E-state index < -0.39 is 0 Å². The predicted octanol–water partition coefficient (Wildman–Crippen LogP) is 5.41. The van der Waals surface area contributed by atoms with Gasteiger partial charge in [0.05, 0.1) is 0 Å². The second-order valence-corrected chi connectivity index (χ2v) is 7.61. The summed E-state index contributed by atoms with van der Waals surface area (Å²) in [6, 6.07) is 20.3. The molecule has 0 saturated carbocycles. The number of aryl methyl sites for hydroxylation is 1. The average Bonchev–Trinajstić information content (AvgIpc) is 3.19. The molecule has 5 heteroatoms. The molecule has 0 N–H and O–H groups in total. The standard InChI is InChI=1S/C22H21ClN2OS/c1-16-2-4-17(5-3-16)20-10-11-21(26-20)22(27)25-14-12-24(13-15-25)19-8-6-18(23)7-9-19/h2-11H,12-15H2,1H3. The summed E-state index contributed by atoms with van der Waals surface area (Å²) in [7, 11) is 0. The molecule has 3 aromatic rings. The van der Waals surface area contributed by atoms with Crippen molar-refractivity contribution in [1.29, 1.82) is 0 Å². The Morgan fingerprint density at radius 1 is 0.889 bits per heavy atom. The highest BCUT2D eigenvalue weighted by Gasteiger charge is 2.22. The van der Waals surface area contributed by atoms with Crippen LogP contribution in [-0.2, 0) is 0 Å². The number of nitrogens with zero attached hydrogens (tertiary/aromatic N) is 2. The predicted molar refractivity (Wildman–Crippen MR) is 116 cm³/mol. The fourth-order valence-electron chi connectivity index (χ4n) is 3.30. The molecule has 0 spiro atoms. The lowest BCUT2D eigenvalue weighted by molar-refractivity contribution is 0.385. The van der Waals surface area contributed by atoms with Crippen molar-refractivity contribution in [3.05, 3.63) is 77.0 Å². The van der Waals surface area contributed by atoms with Crippen molar-refractivity contribution in [3.63, 3.8) is 0 Å². The summed E-state index contributed by atoms with van der Waals surface area (Å²) in [6.07, 6.45) is 0. The number of halogens is 1. The number of rotatable bonds is 3. The maximum absolute atomic E-state index is 6.04. The Balaban J connectivity index is 1.41. The third-order valence-corrected chi connectivity index (χ3v) is 5.62. The van der Waals surface area contributed by atoms with E-state index in [0.29, 0.717) is 0 Å². The van der Waals surface area contributed by atoms with Crippen LogP contribution in [0.4, 0.5) is 5.69 Å². The zero-order chi connectivity index (χ0) is 18.8. The zero-order valence-corrected chi connectivity index (χ0v) is 16.8. The number of benzene rings is 2. The van der Waals surface area contributed by atoms with Gasteiger partial charge in [-0.2, -0.15) is 0 Å². The summed E-state index contributed by atoms with van der Waals surface area (Å²) in [5, 5.41) is 0.765. The Bertz CT molecular complexity index is 926. The molecule has 0 bridgehead atoms. The van der Waals surface area contributed by atoms with Crippen molar-refractivity contribution in [1.82, 2.24) is 4.90 Å². The molecule has 4 rings (SSSR count). The van der Waals surface area contributed by atoms with E-state index in [4.69, 9.17) is 28.2 Å². The van der Waals surface area contributed by atoms with E-state index in [9.17, 15) is 0 Å². The highest BCUT2D eigenvalue weighted by molar-refractivity contribution is 7.80. The Hall–Kier alpha value is -2.30. The molecule has 1 aliphatic rings. The van der Waals surface area contributed by atoms with Crippen LogP contribution in [0, 0.1) is 6.92 Å². The first-order chi connectivity index (χ1) is 13.1. The largest absolute Gasteiger partial charge is 0.454 e. The van der Waals surface area contributed by atoms with Crippen LogP contribution < -0.4 is 4.90 Å². The number of anilines is 1. The fourth-order valence-corrected chi connectivity index (χ4v) is 3.72. The molecule has 0 atom stereocenters. The SMILES string of the molecule is Cc1ccc(-c2ccc(C(=S)N3CCN(c4ccc(Cl)cc4)CC3)o2)cc1. The van der Waals surface area contributed by atoms with Crippen LogP contribution in [0.15, 0.2) is 65.1 Å². The second kappa shape index (κ2) is 7.75. The van der Waals surface area contributed by atoms with Crippen molar-refractivity contribution in [2.45, 2.75) is 6.92 Å². The number of furan rings is 1. The van der Waals surface area contributed by atoms with Crippen LogP contribution in [0.2, 0.25) is 5.02 Å². The van der Waals surface area contributed by atoms with E-state index in [1.54, 1.807) is 0 Å². The highest BCUT2D eigenvalue weighted by Crippen LogP contribution is 2.25. The Morgan fingerprint density at radius 3 is 2.22 bits per heavy atom. The van der Waals surface area contributed by atoms with Crippen molar-refractivity contribution >= 4 is 34.5 Å². The van der Waals surface area contributed by atoms with Crippen LogP contribution in [0.1, 0.15) is 11.3 Å². The van der Waals surface area contributed by atoms with Crippen LogP contribution >= 0.6 is 23.8 Å². The van der Waals surface area contributed by atoms with Crippen LogP contribution in [0.25, 0.3) is 11.3 Å². The molecule has 0 unspecified atom stereocenters. The topological polar surface area (TPSA) is 19.6 Å². The highest BCUT2D eigenvalue weighted by atomic mass is 35.5. The molecule has 138 valence electrons. The van der Waals surface area contributed by atoms with Crippen LogP contribution in [0.3, 0.4) is 0 Å². The van der Waals surface area contributed by atoms with Crippen LogP contribution in [0.5, 0.6) is 0 Å². The van der Waals surface area contributed by atoms with E-state index in [2.05, 4.69) is 53.1 Å². The summed E-state index contributed by atoms with van der Waals surface area (Å²) in [5.41, 5.74) is 3.51. The normalized spacial score (nSPS) is 14.4. The molecule has 2 heterocycles. The van der Waals surface area contributed by atoms with Gasteiger partial charge in [-0.1, -0.05) is 53.6 Å². The van der Waals surface area contributed by atoms with Gasteiger partial charge in [0.1, 0.15) is 10.7 Å². The minimum Gasteiger partial charge on any atom is -0.454 e. The van der Waals surface area contributed by atoms with Gasteiger partial charge in [0.2, 0.25) is 0 Å². The maximum atomic E-state index is 6.04. The molecule has 0 aliphatic carbocycles. The lowest BCUT2D eigenvalue weighted by Gasteiger charge is -2.37. The van der Waals surface area contributed by atoms with Gasteiger partial charge in [0.15, 0.2) is 5.76 Å². The van der Waals surface area contributed by atoms with Gasteiger partial charge in [-0.3, -0.25) is 0 Å². The summed E-state index contributed by atoms with van der Waals surface area (Å²) in [5.74, 6) is 1.62. The number of hydrogen-bond acceptors (Lipinski definition) is 3. The summed E-state index contributed by atoms with van der Waals surface area (Å²) < 4.78 is 6.04. The Kier molecular flexibility index (Phi) is 5.19. The maximum Gasteiger partial charge on any atom is 0.162 e.